The van der Waals surface area contributed by atoms with Crippen LogP contribution in [0.5, 0.6) is 0 Å². The van der Waals surface area contributed by atoms with Crippen LogP contribution in [0.25, 0.3) is 11.0 Å². The van der Waals surface area contributed by atoms with Crippen molar-refractivity contribution in [2.24, 2.45) is 11.1 Å². The molecule has 0 saturated carbocycles. The number of benzene rings is 1. The average Bonchev–Trinajstić information content (AvgIpc) is 2.74. The summed E-state index contributed by atoms with van der Waals surface area (Å²) >= 11 is 0. The number of nitrogens with zero attached hydrogens (tertiary/aromatic N) is 2. The van der Waals surface area contributed by atoms with E-state index in [1.807, 2.05) is 6.07 Å². The van der Waals surface area contributed by atoms with E-state index in [0.29, 0.717) is 6.54 Å². The number of aromatic nitrogens is 2. The molecule has 0 atom stereocenters. The van der Waals surface area contributed by atoms with Gasteiger partial charge in [0.05, 0.1) is 11.0 Å². The van der Waals surface area contributed by atoms with Crippen molar-refractivity contribution in [1.29, 1.82) is 0 Å². The van der Waals surface area contributed by atoms with E-state index in [1.165, 1.54) is 12.1 Å². The maximum atomic E-state index is 13.4. The average molecular weight is 291 g/mol. The van der Waals surface area contributed by atoms with Gasteiger partial charge in [-0.3, -0.25) is 0 Å². The molecule has 0 saturated heterocycles. The lowest BCUT2D eigenvalue weighted by molar-refractivity contribution is 0.309. The summed E-state index contributed by atoms with van der Waals surface area (Å²) in [6.45, 7) is 8.27. The van der Waals surface area contributed by atoms with Crippen molar-refractivity contribution >= 4 is 11.0 Å². The molecular formula is C17H26FN3. The first-order valence-electron chi connectivity index (χ1n) is 7.81. The zero-order valence-electron chi connectivity index (χ0n) is 13.3. The Morgan fingerprint density at radius 3 is 2.71 bits per heavy atom. The minimum Gasteiger partial charge on any atom is -0.330 e. The number of hydrogen-bond donors (Lipinski definition) is 1. The summed E-state index contributed by atoms with van der Waals surface area (Å²) in [5.74, 6) is 0.834. The van der Waals surface area contributed by atoms with Gasteiger partial charge in [0.15, 0.2) is 0 Å². The van der Waals surface area contributed by atoms with Crippen molar-refractivity contribution in [1.82, 2.24) is 9.55 Å². The Morgan fingerprint density at radius 2 is 2.05 bits per heavy atom. The van der Waals surface area contributed by atoms with E-state index >= 15 is 0 Å². The number of hydrogen-bond acceptors (Lipinski definition) is 2. The maximum Gasteiger partial charge on any atom is 0.125 e. The lowest BCUT2D eigenvalue weighted by Crippen LogP contribution is -2.18. The predicted octanol–water partition coefficient (Wildman–Crippen LogP) is 3.89. The molecule has 0 aliphatic heterocycles. The molecule has 0 aliphatic carbocycles. The van der Waals surface area contributed by atoms with Gasteiger partial charge in [-0.25, -0.2) is 9.37 Å². The fraction of sp³-hybridized carbons (Fsp3) is 0.588. The largest absolute Gasteiger partial charge is 0.330 e. The number of halogens is 1. The second-order valence-electron chi connectivity index (χ2n) is 6.52. The first-order chi connectivity index (χ1) is 9.96. The van der Waals surface area contributed by atoms with Crippen molar-refractivity contribution in [2.45, 2.75) is 53.0 Å². The van der Waals surface area contributed by atoms with Gasteiger partial charge >= 0.3 is 0 Å². The Hall–Kier alpha value is -1.42. The van der Waals surface area contributed by atoms with Gasteiger partial charge in [-0.15, -0.1) is 0 Å². The van der Waals surface area contributed by atoms with Crippen LogP contribution in [0.1, 0.15) is 45.9 Å². The molecular weight excluding hydrogens is 265 g/mol. The molecule has 2 N–H and O–H groups in total. The molecule has 0 spiro atoms. The quantitative estimate of drug-likeness (QED) is 0.841. The van der Waals surface area contributed by atoms with Crippen LogP contribution in [0, 0.1) is 11.2 Å². The van der Waals surface area contributed by atoms with E-state index in [2.05, 4.69) is 30.3 Å². The van der Waals surface area contributed by atoms with Crippen molar-refractivity contribution in [3.63, 3.8) is 0 Å². The van der Waals surface area contributed by atoms with E-state index in [4.69, 9.17) is 5.73 Å². The van der Waals surface area contributed by atoms with Crippen molar-refractivity contribution in [3.05, 3.63) is 29.8 Å². The molecule has 2 rings (SSSR count). The van der Waals surface area contributed by atoms with Crippen LogP contribution in [-0.2, 0) is 13.0 Å². The van der Waals surface area contributed by atoms with Crippen LogP contribution >= 0.6 is 0 Å². The Bertz CT molecular complexity index is 601. The summed E-state index contributed by atoms with van der Waals surface area (Å²) in [6.07, 6.45) is 4.00. The summed E-state index contributed by atoms with van der Waals surface area (Å²) in [7, 11) is 0. The van der Waals surface area contributed by atoms with Gasteiger partial charge in [0.2, 0.25) is 0 Å². The summed E-state index contributed by atoms with van der Waals surface area (Å²) < 4.78 is 15.6. The van der Waals surface area contributed by atoms with Gasteiger partial charge in [-0.2, -0.15) is 0 Å². The predicted molar refractivity (Wildman–Crippen MR) is 85.8 cm³/mol. The fourth-order valence-corrected chi connectivity index (χ4v) is 2.78. The third-order valence-electron chi connectivity index (χ3n) is 4.08. The number of nitrogens with two attached hydrogens (primary N) is 1. The molecule has 21 heavy (non-hydrogen) atoms. The minimum absolute atomic E-state index is 0.217. The van der Waals surface area contributed by atoms with Gasteiger partial charge < -0.3 is 10.3 Å². The molecule has 2 aromatic rings. The zero-order chi connectivity index (χ0) is 15.5. The first-order valence-corrected chi connectivity index (χ1v) is 7.81. The highest BCUT2D eigenvalue weighted by Crippen LogP contribution is 2.27. The molecule has 1 aromatic carbocycles. The van der Waals surface area contributed by atoms with E-state index < -0.39 is 0 Å². The van der Waals surface area contributed by atoms with Gasteiger partial charge in [-0.05, 0) is 43.4 Å². The highest BCUT2D eigenvalue weighted by molar-refractivity contribution is 5.76. The summed E-state index contributed by atoms with van der Waals surface area (Å²) in [5, 5.41) is 0. The molecule has 0 fully saturated rings. The third kappa shape index (κ3) is 3.82. The van der Waals surface area contributed by atoms with Gasteiger partial charge in [0, 0.05) is 19.0 Å². The number of fused-ring (bicyclic) bond motifs is 1. The summed E-state index contributed by atoms with van der Waals surface area (Å²) in [4.78, 5) is 4.65. The SMILES string of the molecule is CCCn1c(CCC(C)(C)CCN)nc2cc(F)ccc21. The lowest BCUT2D eigenvalue weighted by Gasteiger charge is -2.23. The molecule has 1 aromatic heterocycles. The molecule has 0 amide bonds. The van der Waals surface area contributed by atoms with E-state index in [-0.39, 0.29) is 11.2 Å². The van der Waals surface area contributed by atoms with Crippen LogP contribution in [0.3, 0.4) is 0 Å². The molecule has 1 heterocycles. The molecule has 116 valence electrons. The lowest BCUT2D eigenvalue weighted by atomic mass is 9.84. The number of rotatable bonds is 7. The summed E-state index contributed by atoms with van der Waals surface area (Å²) in [6, 6.07) is 4.87. The first kappa shape index (κ1) is 16.0. The van der Waals surface area contributed by atoms with Crippen LogP contribution in [0.2, 0.25) is 0 Å². The smallest absolute Gasteiger partial charge is 0.125 e. The Labute approximate surface area is 126 Å². The monoisotopic (exact) mass is 291 g/mol. The van der Waals surface area contributed by atoms with Crippen LogP contribution < -0.4 is 5.73 Å². The standard InChI is InChI=1S/C17H26FN3/c1-4-11-21-15-6-5-13(18)12-14(15)20-16(21)7-8-17(2,3)9-10-19/h5-6,12H,4,7-11,19H2,1-3H3. The third-order valence-corrected chi connectivity index (χ3v) is 4.08. The van der Waals surface area contributed by atoms with Gasteiger partial charge in [0.1, 0.15) is 11.6 Å². The Kier molecular flexibility index (Phi) is 4.99. The fourth-order valence-electron chi connectivity index (χ4n) is 2.78. The second-order valence-corrected chi connectivity index (χ2v) is 6.52. The highest BCUT2D eigenvalue weighted by atomic mass is 19.1. The minimum atomic E-state index is -0.223. The molecule has 0 unspecified atom stereocenters. The Morgan fingerprint density at radius 1 is 1.29 bits per heavy atom. The van der Waals surface area contributed by atoms with E-state index in [9.17, 15) is 4.39 Å². The Balaban J connectivity index is 2.27. The number of aryl methyl sites for hydroxylation is 2. The normalized spacial score (nSPS) is 12.2. The number of imidazole rings is 1. The van der Waals surface area contributed by atoms with Crippen LogP contribution in [-0.4, -0.2) is 16.1 Å². The van der Waals surface area contributed by atoms with Gasteiger partial charge in [-0.1, -0.05) is 20.8 Å². The van der Waals surface area contributed by atoms with Crippen LogP contribution in [0.4, 0.5) is 4.39 Å². The van der Waals surface area contributed by atoms with Crippen molar-refractivity contribution in [3.8, 4) is 0 Å². The van der Waals surface area contributed by atoms with Crippen molar-refractivity contribution in [2.75, 3.05) is 6.54 Å². The second kappa shape index (κ2) is 6.56. The highest BCUT2D eigenvalue weighted by Gasteiger charge is 2.19. The van der Waals surface area contributed by atoms with Crippen LogP contribution in [0.15, 0.2) is 18.2 Å². The zero-order valence-corrected chi connectivity index (χ0v) is 13.3. The molecule has 0 radical (unpaired) electrons. The van der Waals surface area contributed by atoms with E-state index in [1.54, 1.807) is 0 Å². The van der Waals surface area contributed by atoms with Crippen molar-refractivity contribution < 1.29 is 4.39 Å². The maximum absolute atomic E-state index is 13.4. The van der Waals surface area contributed by atoms with Gasteiger partial charge in [0.25, 0.3) is 0 Å². The molecule has 3 nitrogen and oxygen atoms in total. The molecule has 0 bridgehead atoms. The van der Waals surface area contributed by atoms with E-state index in [0.717, 1.165) is 49.1 Å². The topological polar surface area (TPSA) is 43.8 Å². The molecule has 4 heteroatoms. The summed E-state index contributed by atoms with van der Waals surface area (Å²) in [5.41, 5.74) is 7.69. The molecule has 0 aliphatic rings.